The van der Waals surface area contributed by atoms with E-state index in [1.807, 2.05) is 0 Å². The zero-order valence-electron chi connectivity index (χ0n) is 14.6. The summed E-state index contributed by atoms with van der Waals surface area (Å²) in [6, 6.07) is 8.42. The quantitative estimate of drug-likeness (QED) is 0.400. The van der Waals surface area contributed by atoms with E-state index < -0.39 is 0 Å². The van der Waals surface area contributed by atoms with Gasteiger partial charge in [0.25, 0.3) is 0 Å². The molecule has 2 aromatic heterocycles. The fourth-order valence-electron chi connectivity index (χ4n) is 3.02. The first-order valence-corrected chi connectivity index (χ1v) is 10.5. The molecule has 0 saturated heterocycles. The Balaban J connectivity index is 2.24. The maximum Gasteiger partial charge on any atom is 0.225 e. The molecule has 0 N–H and O–H groups in total. The van der Waals surface area contributed by atoms with Crippen LogP contribution in [-0.2, 0) is 0 Å². The van der Waals surface area contributed by atoms with Crippen LogP contribution in [0.1, 0.15) is 31.6 Å². The molecule has 3 nitrogen and oxygen atoms in total. The van der Waals surface area contributed by atoms with Crippen molar-refractivity contribution in [3.8, 4) is 11.1 Å². The van der Waals surface area contributed by atoms with Crippen LogP contribution in [0, 0.1) is 6.92 Å². The molecule has 0 amide bonds. The van der Waals surface area contributed by atoms with Gasteiger partial charge in [-0.2, -0.15) is 4.98 Å². The zero-order chi connectivity index (χ0) is 18.0. The Kier molecular flexibility index (Phi) is 5.97. The minimum Gasteiger partial charge on any atom is -0.356 e. The molecule has 25 heavy (non-hydrogen) atoms. The van der Waals surface area contributed by atoms with Crippen LogP contribution in [0.4, 0.5) is 5.82 Å². The molecule has 0 saturated carbocycles. The highest BCUT2D eigenvalue weighted by Gasteiger charge is 2.21. The smallest absolute Gasteiger partial charge is 0.225 e. The lowest BCUT2D eigenvalue weighted by atomic mass is 10.0. The number of anilines is 1. The molecule has 0 bridgehead atoms. The molecule has 6 heteroatoms. The van der Waals surface area contributed by atoms with Crippen molar-refractivity contribution < 1.29 is 0 Å². The molecule has 0 atom stereocenters. The summed E-state index contributed by atoms with van der Waals surface area (Å²) in [6.07, 6.45) is 2.29. The summed E-state index contributed by atoms with van der Waals surface area (Å²) in [5, 5.41) is 1.44. The molecular formula is C19H21BrClN3S. The van der Waals surface area contributed by atoms with Crippen molar-refractivity contribution >= 4 is 54.9 Å². The van der Waals surface area contributed by atoms with Crippen molar-refractivity contribution in [2.45, 2.75) is 33.6 Å². The summed E-state index contributed by atoms with van der Waals surface area (Å²) in [5.41, 5.74) is 2.40. The number of aromatic nitrogens is 2. The number of unbranched alkanes of at least 4 members (excludes halogenated alkanes) is 1. The SMILES string of the molecule is CCCCN(CC)c1nc(Cl)nc2sc(C)c(-c3ccc(Br)cc3)c12. The lowest BCUT2D eigenvalue weighted by molar-refractivity contribution is 0.726. The highest BCUT2D eigenvalue weighted by Crippen LogP contribution is 2.42. The van der Waals surface area contributed by atoms with Crippen molar-refractivity contribution in [2.75, 3.05) is 18.0 Å². The average Bonchev–Trinajstić information content (AvgIpc) is 2.91. The minimum absolute atomic E-state index is 0.320. The van der Waals surface area contributed by atoms with E-state index in [0.717, 1.165) is 46.4 Å². The minimum atomic E-state index is 0.320. The predicted octanol–water partition coefficient (Wildman–Crippen LogP) is 6.71. The number of rotatable bonds is 6. The molecule has 0 fully saturated rings. The summed E-state index contributed by atoms with van der Waals surface area (Å²) in [7, 11) is 0. The van der Waals surface area contributed by atoms with Gasteiger partial charge in [-0.1, -0.05) is 41.4 Å². The van der Waals surface area contributed by atoms with Crippen LogP contribution in [0.5, 0.6) is 0 Å². The first kappa shape index (κ1) is 18.6. The Bertz CT molecular complexity index is 877. The lowest BCUT2D eigenvalue weighted by Gasteiger charge is -2.23. The molecule has 0 spiro atoms. The third-order valence-electron chi connectivity index (χ3n) is 4.28. The van der Waals surface area contributed by atoms with Gasteiger partial charge in [0, 0.05) is 28.0 Å². The van der Waals surface area contributed by atoms with Gasteiger partial charge in [0.15, 0.2) is 0 Å². The van der Waals surface area contributed by atoms with Gasteiger partial charge in [-0.05, 0) is 49.6 Å². The van der Waals surface area contributed by atoms with E-state index in [2.05, 4.69) is 75.8 Å². The maximum atomic E-state index is 6.24. The van der Waals surface area contributed by atoms with Gasteiger partial charge in [0.1, 0.15) is 10.6 Å². The Labute approximate surface area is 166 Å². The van der Waals surface area contributed by atoms with Crippen molar-refractivity contribution in [3.05, 3.63) is 38.9 Å². The third kappa shape index (κ3) is 3.83. The number of benzene rings is 1. The molecular weight excluding hydrogens is 418 g/mol. The summed E-state index contributed by atoms with van der Waals surface area (Å²) in [5.74, 6) is 0.952. The van der Waals surface area contributed by atoms with Gasteiger partial charge < -0.3 is 4.90 Å². The van der Waals surface area contributed by atoms with Crippen molar-refractivity contribution in [1.82, 2.24) is 9.97 Å². The Morgan fingerprint density at radius 3 is 2.52 bits per heavy atom. The van der Waals surface area contributed by atoms with E-state index in [0.29, 0.717) is 5.28 Å². The molecule has 3 rings (SSSR count). The summed E-state index contributed by atoms with van der Waals surface area (Å²) < 4.78 is 1.08. The molecule has 3 aromatic rings. The van der Waals surface area contributed by atoms with Crippen molar-refractivity contribution in [3.63, 3.8) is 0 Å². The monoisotopic (exact) mass is 437 g/mol. The first-order chi connectivity index (χ1) is 12.0. The Morgan fingerprint density at radius 2 is 1.88 bits per heavy atom. The molecule has 0 radical (unpaired) electrons. The molecule has 2 heterocycles. The normalized spacial score (nSPS) is 11.2. The second-order valence-electron chi connectivity index (χ2n) is 5.97. The van der Waals surface area contributed by atoms with Crippen LogP contribution in [0.3, 0.4) is 0 Å². The zero-order valence-corrected chi connectivity index (χ0v) is 17.8. The van der Waals surface area contributed by atoms with Gasteiger partial charge in [-0.3, -0.25) is 0 Å². The second-order valence-corrected chi connectivity index (χ2v) is 8.43. The number of aryl methyl sites for hydroxylation is 1. The van der Waals surface area contributed by atoms with E-state index in [-0.39, 0.29) is 0 Å². The fraction of sp³-hybridized carbons (Fsp3) is 0.368. The van der Waals surface area contributed by atoms with Gasteiger partial charge in [0.2, 0.25) is 5.28 Å². The fourth-order valence-corrected chi connectivity index (χ4v) is 4.54. The third-order valence-corrected chi connectivity index (χ3v) is 5.97. The largest absolute Gasteiger partial charge is 0.356 e. The van der Waals surface area contributed by atoms with Crippen LogP contribution in [0.25, 0.3) is 21.3 Å². The highest BCUT2D eigenvalue weighted by molar-refractivity contribution is 9.10. The van der Waals surface area contributed by atoms with Crippen LogP contribution >= 0.6 is 38.9 Å². The molecule has 0 aliphatic carbocycles. The van der Waals surface area contributed by atoms with Gasteiger partial charge >= 0.3 is 0 Å². The number of halogens is 2. The molecule has 0 aliphatic rings. The van der Waals surface area contributed by atoms with E-state index in [1.54, 1.807) is 11.3 Å². The summed E-state index contributed by atoms with van der Waals surface area (Å²) in [4.78, 5) is 13.6. The molecule has 0 unspecified atom stereocenters. The highest BCUT2D eigenvalue weighted by atomic mass is 79.9. The first-order valence-electron chi connectivity index (χ1n) is 8.52. The molecule has 132 valence electrons. The van der Waals surface area contributed by atoms with Gasteiger partial charge in [-0.15, -0.1) is 11.3 Å². The Hall–Kier alpha value is -1.17. The number of hydrogen-bond donors (Lipinski definition) is 0. The standard InChI is InChI=1S/C19H21BrClN3S/c1-4-6-11-24(5-2)17-16-15(13-7-9-14(20)10-8-13)12(3)25-18(16)23-19(21)22-17/h7-10H,4-6,11H2,1-3H3. The number of hydrogen-bond acceptors (Lipinski definition) is 4. The van der Waals surface area contributed by atoms with Crippen LogP contribution in [-0.4, -0.2) is 23.1 Å². The predicted molar refractivity (Wildman–Crippen MR) is 113 cm³/mol. The van der Waals surface area contributed by atoms with Crippen LogP contribution < -0.4 is 4.90 Å². The van der Waals surface area contributed by atoms with Gasteiger partial charge in [0.05, 0.1) is 5.39 Å². The van der Waals surface area contributed by atoms with Crippen molar-refractivity contribution in [2.24, 2.45) is 0 Å². The molecule has 0 aliphatic heterocycles. The number of nitrogens with zero attached hydrogens (tertiary/aromatic N) is 3. The number of thiophene rings is 1. The van der Waals surface area contributed by atoms with E-state index in [9.17, 15) is 0 Å². The maximum absolute atomic E-state index is 6.24. The van der Waals surface area contributed by atoms with E-state index in [1.165, 1.54) is 16.0 Å². The van der Waals surface area contributed by atoms with Crippen LogP contribution in [0.15, 0.2) is 28.7 Å². The van der Waals surface area contributed by atoms with Crippen LogP contribution in [0.2, 0.25) is 5.28 Å². The average molecular weight is 439 g/mol. The second kappa shape index (κ2) is 8.02. The lowest BCUT2D eigenvalue weighted by Crippen LogP contribution is -2.25. The summed E-state index contributed by atoms with van der Waals surface area (Å²) in [6.45, 7) is 8.39. The van der Waals surface area contributed by atoms with E-state index >= 15 is 0 Å². The van der Waals surface area contributed by atoms with Crippen molar-refractivity contribution in [1.29, 1.82) is 0 Å². The topological polar surface area (TPSA) is 29.0 Å². The Morgan fingerprint density at radius 1 is 1.16 bits per heavy atom. The number of fused-ring (bicyclic) bond motifs is 1. The van der Waals surface area contributed by atoms with E-state index in [4.69, 9.17) is 11.6 Å². The molecule has 1 aromatic carbocycles. The van der Waals surface area contributed by atoms with Gasteiger partial charge in [-0.25, -0.2) is 4.98 Å². The summed E-state index contributed by atoms with van der Waals surface area (Å²) >= 11 is 11.4.